The van der Waals surface area contributed by atoms with Crippen LogP contribution in [0.2, 0.25) is 0 Å². The molecule has 3 aromatic carbocycles. The van der Waals surface area contributed by atoms with Crippen molar-refractivity contribution in [3.8, 4) is 0 Å². The molecule has 270 valence electrons. The topological polar surface area (TPSA) is 137 Å². The van der Waals surface area contributed by atoms with Crippen LogP contribution in [0.1, 0.15) is 93.5 Å². The van der Waals surface area contributed by atoms with E-state index in [1.165, 1.54) is 28.3 Å². The van der Waals surface area contributed by atoms with Gasteiger partial charge in [0, 0.05) is 44.2 Å². The van der Waals surface area contributed by atoms with E-state index in [1.807, 2.05) is 30.0 Å². The molecule has 3 N–H and O–H groups in total. The van der Waals surface area contributed by atoms with E-state index in [0.29, 0.717) is 56.5 Å². The summed E-state index contributed by atoms with van der Waals surface area (Å²) in [7, 11) is 0. The first kappa shape index (κ1) is 39.4. The van der Waals surface area contributed by atoms with Crippen LogP contribution in [0.25, 0.3) is 0 Å². The highest BCUT2D eigenvalue weighted by Gasteiger charge is 2.36. The Bertz CT molecular complexity index is 1570. The molecule has 0 saturated carbocycles. The summed E-state index contributed by atoms with van der Waals surface area (Å²) >= 11 is 1.81. The molecule has 0 saturated heterocycles. The van der Waals surface area contributed by atoms with Crippen molar-refractivity contribution in [2.45, 2.75) is 94.9 Å². The van der Waals surface area contributed by atoms with Crippen LogP contribution in [0.15, 0.2) is 97.2 Å². The molecule has 1 unspecified atom stereocenters. The summed E-state index contributed by atoms with van der Waals surface area (Å²) in [6, 6.07) is 31.1. The monoisotopic (exact) mass is 709 g/mol. The number of hydrogen-bond donors (Lipinski definition) is 2. The van der Waals surface area contributed by atoms with E-state index in [9.17, 15) is 19.2 Å². The molecular weight excluding hydrogens is 659 g/mol. The molecule has 1 atom stereocenters. The fourth-order valence-corrected chi connectivity index (χ4v) is 7.62. The SMILES string of the molecule is CC(=O)C(N)CCCCNC(=O)Cn1cc(CCC(=O)CCCCCC(=O)CCSC(c2ccccc2)(c2ccccc2)c2ccccc2)nn1. The van der Waals surface area contributed by atoms with Gasteiger partial charge in [-0.2, -0.15) is 0 Å². The number of aryl methyl sites for hydroxylation is 1. The number of Topliss-reactive ketones (excluding diaryl/α,β-unsaturated/α-hetero) is 3. The maximum absolute atomic E-state index is 13.0. The highest BCUT2D eigenvalue weighted by Crippen LogP contribution is 2.48. The van der Waals surface area contributed by atoms with Crippen molar-refractivity contribution in [3.63, 3.8) is 0 Å². The van der Waals surface area contributed by atoms with Gasteiger partial charge in [0.2, 0.25) is 5.91 Å². The first-order valence-electron chi connectivity index (χ1n) is 18.0. The standard InChI is InChI=1S/C41H51N5O4S/c1-32(47)39(42)24-14-15-28-43-40(50)31-46-30-36(44-45-46)25-26-37(48)22-12-5-13-23-38(49)27-29-51-41(33-16-6-2-7-17-33,34-18-8-3-9-19-34)35-20-10-4-11-21-35/h2-4,6-11,16-21,30,39H,5,12-15,22-29,31,42H2,1H3,(H,43,50). The first-order chi connectivity index (χ1) is 24.8. The molecule has 4 aromatic rings. The Kier molecular flexibility index (Phi) is 16.3. The largest absolute Gasteiger partial charge is 0.354 e. The lowest BCUT2D eigenvalue weighted by Gasteiger charge is -2.35. The minimum Gasteiger partial charge on any atom is -0.354 e. The third-order valence-corrected chi connectivity index (χ3v) is 10.5. The zero-order valence-corrected chi connectivity index (χ0v) is 30.5. The number of aromatic nitrogens is 3. The molecule has 0 bridgehead atoms. The maximum Gasteiger partial charge on any atom is 0.241 e. The number of ketones is 3. The van der Waals surface area contributed by atoms with Crippen LogP contribution in [-0.2, 0) is 36.9 Å². The predicted molar refractivity (Wildman–Crippen MR) is 203 cm³/mol. The third-order valence-electron chi connectivity index (χ3n) is 8.99. The number of nitrogens with zero attached hydrogens (tertiary/aromatic N) is 3. The average molecular weight is 710 g/mol. The van der Waals surface area contributed by atoms with Crippen molar-refractivity contribution in [1.29, 1.82) is 0 Å². The lowest BCUT2D eigenvalue weighted by Crippen LogP contribution is -2.30. The van der Waals surface area contributed by atoms with E-state index in [4.69, 9.17) is 5.73 Å². The Labute approximate surface area is 306 Å². The van der Waals surface area contributed by atoms with Gasteiger partial charge in [0.1, 0.15) is 23.9 Å². The number of amides is 1. The molecule has 0 fully saturated rings. The van der Waals surface area contributed by atoms with Crippen molar-refractivity contribution in [2.24, 2.45) is 5.73 Å². The van der Waals surface area contributed by atoms with E-state index in [-0.39, 0.29) is 29.8 Å². The van der Waals surface area contributed by atoms with Crippen LogP contribution >= 0.6 is 11.8 Å². The summed E-state index contributed by atoms with van der Waals surface area (Å²) in [6.07, 6.45) is 8.53. The molecule has 0 aliphatic rings. The van der Waals surface area contributed by atoms with E-state index in [1.54, 1.807) is 6.20 Å². The highest BCUT2D eigenvalue weighted by molar-refractivity contribution is 8.00. The quantitative estimate of drug-likeness (QED) is 0.0612. The number of nitrogens with two attached hydrogens (primary N) is 1. The number of nitrogens with one attached hydrogen (secondary N) is 1. The second-order valence-electron chi connectivity index (χ2n) is 13.0. The van der Waals surface area contributed by atoms with Crippen molar-refractivity contribution >= 4 is 35.0 Å². The second kappa shape index (κ2) is 21.1. The van der Waals surface area contributed by atoms with E-state index < -0.39 is 10.8 Å². The summed E-state index contributed by atoms with van der Waals surface area (Å²) in [5.74, 6) is 0.915. The van der Waals surface area contributed by atoms with Crippen LogP contribution in [-0.4, -0.2) is 56.6 Å². The van der Waals surface area contributed by atoms with Crippen LogP contribution in [0.5, 0.6) is 0 Å². The van der Waals surface area contributed by atoms with Gasteiger partial charge in [0.15, 0.2) is 0 Å². The molecule has 0 spiro atoms. The molecule has 4 rings (SSSR count). The zero-order valence-electron chi connectivity index (χ0n) is 29.7. The van der Waals surface area contributed by atoms with Gasteiger partial charge >= 0.3 is 0 Å². The number of rotatable bonds is 24. The fraction of sp³-hybridized carbons (Fsp3) is 0.415. The van der Waals surface area contributed by atoms with E-state index in [2.05, 4.69) is 88.4 Å². The van der Waals surface area contributed by atoms with E-state index in [0.717, 1.165) is 32.1 Å². The second-order valence-corrected chi connectivity index (χ2v) is 14.3. The van der Waals surface area contributed by atoms with Gasteiger partial charge in [-0.25, -0.2) is 4.68 Å². The molecule has 0 aliphatic carbocycles. The average Bonchev–Trinajstić information content (AvgIpc) is 3.60. The van der Waals surface area contributed by atoms with Crippen LogP contribution in [0.4, 0.5) is 0 Å². The molecule has 9 nitrogen and oxygen atoms in total. The Morgan fingerprint density at radius 2 is 1.29 bits per heavy atom. The number of carbonyl (C=O) groups excluding carboxylic acids is 4. The Morgan fingerprint density at radius 3 is 1.84 bits per heavy atom. The van der Waals surface area contributed by atoms with Gasteiger partial charge in [-0.15, -0.1) is 16.9 Å². The summed E-state index contributed by atoms with van der Waals surface area (Å²) in [6.45, 7) is 2.04. The molecule has 1 aromatic heterocycles. The lowest BCUT2D eigenvalue weighted by atomic mass is 9.84. The molecule has 10 heteroatoms. The molecular formula is C41H51N5O4S. The molecule has 1 amide bonds. The summed E-state index contributed by atoms with van der Waals surface area (Å²) < 4.78 is 1.04. The number of benzene rings is 3. The summed E-state index contributed by atoms with van der Waals surface area (Å²) in [4.78, 5) is 48.9. The predicted octanol–water partition coefficient (Wildman–Crippen LogP) is 6.62. The van der Waals surface area contributed by atoms with Crippen LogP contribution in [0.3, 0.4) is 0 Å². The molecule has 0 aliphatic heterocycles. The maximum atomic E-state index is 13.0. The van der Waals surface area contributed by atoms with Crippen LogP contribution in [0, 0.1) is 0 Å². The molecule has 51 heavy (non-hydrogen) atoms. The molecule has 0 radical (unpaired) electrons. The van der Waals surface area contributed by atoms with Crippen molar-refractivity contribution in [2.75, 3.05) is 12.3 Å². The zero-order chi connectivity index (χ0) is 36.3. The Morgan fingerprint density at radius 1 is 0.745 bits per heavy atom. The van der Waals surface area contributed by atoms with Gasteiger partial charge in [0.05, 0.1) is 16.5 Å². The number of carbonyl (C=O) groups is 4. The fourth-order valence-electron chi connectivity index (χ4n) is 6.08. The van der Waals surface area contributed by atoms with Gasteiger partial charge in [-0.05, 0) is 62.1 Å². The minimum atomic E-state index is -0.439. The van der Waals surface area contributed by atoms with Gasteiger partial charge < -0.3 is 11.1 Å². The smallest absolute Gasteiger partial charge is 0.241 e. The Balaban J connectivity index is 1.12. The molecule has 1 heterocycles. The lowest BCUT2D eigenvalue weighted by molar-refractivity contribution is -0.122. The van der Waals surface area contributed by atoms with E-state index >= 15 is 0 Å². The Hall–Kier alpha value is -4.41. The van der Waals surface area contributed by atoms with Crippen molar-refractivity contribution in [1.82, 2.24) is 20.3 Å². The van der Waals surface area contributed by atoms with Gasteiger partial charge in [-0.1, -0.05) is 103 Å². The summed E-state index contributed by atoms with van der Waals surface area (Å²) in [5, 5.41) is 11.0. The number of hydrogen-bond acceptors (Lipinski definition) is 8. The normalized spacial score (nSPS) is 12.0. The number of unbranched alkanes of at least 4 members (excludes halogenated alkanes) is 3. The first-order valence-corrected chi connectivity index (χ1v) is 19.0. The van der Waals surface area contributed by atoms with Gasteiger partial charge in [-0.3, -0.25) is 19.2 Å². The minimum absolute atomic E-state index is 0.0257. The summed E-state index contributed by atoms with van der Waals surface area (Å²) in [5.41, 5.74) is 9.97. The van der Waals surface area contributed by atoms with Crippen LogP contribution < -0.4 is 11.1 Å². The highest BCUT2D eigenvalue weighted by atomic mass is 32.2. The number of thioether (sulfide) groups is 1. The van der Waals surface area contributed by atoms with Crippen molar-refractivity contribution in [3.05, 3.63) is 120 Å². The van der Waals surface area contributed by atoms with Gasteiger partial charge in [0.25, 0.3) is 0 Å². The van der Waals surface area contributed by atoms with Crippen molar-refractivity contribution < 1.29 is 19.2 Å². The third kappa shape index (κ3) is 12.7.